The third-order valence-electron chi connectivity index (χ3n) is 3.76. The maximum Gasteiger partial charge on any atom is 0.330 e. The van der Waals surface area contributed by atoms with Crippen molar-refractivity contribution in [3.8, 4) is 0 Å². The van der Waals surface area contributed by atoms with E-state index >= 15 is 0 Å². The molecular formula is C14H21BFN2O2. The van der Waals surface area contributed by atoms with Gasteiger partial charge in [-0.2, -0.15) is 4.39 Å². The van der Waals surface area contributed by atoms with Crippen LogP contribution in [0.5, 0.6) is 0 Å². The molecule has 20 heavy (non-hydrogen) atoms. The number of rotatable bonds is 6. The second kappa shape index (κ2) is 5.93. The highest BCUT2D eigenvalue weighted by atomic mass is 19.1. The largest absolute Gasteiger partial charge is 0.427 e. The normalized spacial score (nSPS) is 12.3. The number of nitrogen functional groups attached to an aromatic ring is 1. The summed E-state index contributed by atoms with van der Waals surface area (Å²) in [7, 11) is 3.14. The molecule has 0 fully saturated rings. The second-order valence-electron chi connectivity index (χ2n) is 5.62. The Bertz CT molecular complexity index is 504. The van der Waals surface area contributed by atoms with E-state index in [0.717, 1.165) is 0 Å². The monoisotopic (exact) mass is 279 g/mol. The number of hydrogen-bond acceptors (Lipinski definition) is 4. The molecule has 0 saturated heterocycles. The first-order chi connectivity index (χ1) is 9.10. The molecule has 1 radical (unpaired) electrons. The summed E-state index contributed by atoms with van der Waals surface area (Å²) < 4.78 is 24.2. The molecule has 0 atom stereocenters. The highest BCUT2D eigenvalue weighted by molar-refractivity contribution is 6.47. The Hall–Kier alpha value is -1.40. The lowest BCUT2D eigenvalue weighted by Gasteiger charge is -2.40. The number of benzene rings is 1. The van der Waals surface area contributed by atoms with Gasteiger partial charge in [0, 0.05) is 12.8 Å². The average Bonchev–Trinajstić information content (AvgIpc) is 2.37. The zero-order chi connectivity index (χ0) is 15.6. The molecule has 4 nitrogen and oxygen atoms in total. The van der Waals surface area contributed by atoms with E-state index in [4.69, 9.17) is 20.5 Å². The maximum atomic E-state index is 13.0. The Morgan fingerprint density at radius 3 is 2.35 bits per heavy atom. The molecule has 6 heteroatoms. The summed E-state index contributed by atoms with van der Waals surface area (Å²) in [5.74, 6) is -1.06. The first-order valence-electron chi connectivity index (χ1n) is 6.31. The van der Waals surface area contributed by atoms with Gasteiger partial charge in [-0.1, -0.05) is 17.6 Å². The molecule has 0 bridgehead atoms. The Kier molecular flexibility index (Phi) is 4.94. The molecule has 0 aliphatic rings. The van der Waals surface area contributed by atoms with Crippen LogP contribution in [-0.4, -0.2) is 31.8 Å². The molecular weight excluding hydrogens is 258 g/mol. The third-order valence-corrected chi connectivity index (χ3v) is 3.76. The fourth-order valence-electron chi connectivity index (χ4n) is 1.44. The van der Waals surface area contributed by atoms with Gasteiger partial charge in [0.2, 0.25) is 5.97 Å². The van der Waals surface area contributed by atoms with Crippen LogP contribution in [0.25, 0.3) is 0 Å². The maximum absolute atomic E-state index is 13.0. The molecule has 1 aromatic rings. The van der Waals surface area contributed by atoms with Gasteiger partial charge in [0.25, 0.3) is 0 Å². The quantitative estimate of drug-likeness (QED) is 0.475. The number of hydrogen-bond donors (Lipinski definition) is 2. The van der Waals surface area contributed by atoms with Crippen LogP contribution in [-0.2, 0) is 9.39 Å². The Morgan fingerprint density at radius 2 is 1.85 bits per heavy atom. The molecule has 0 heterocycles. The van der Waals surface area contributed by atoms with Gasteiger partial charge in [-0.3, -0.25) is 5.41 Å². The summed E-state index contributed by atoms with van der Waals surface area (Å²) in [6, 6.07) is 4.73. The lowest BCUT2D eigenvalue weighted by atomic mass is 9.82. The van der Waals surface area contributed by atoms with Crippen molar-refractivity contribution in [3.63, 3.8) is 0 Å². The third kappa shape index (κ3) is 3.58. The Morgan fingerprint density at radius 1 is 1.25 bits per heavy atom. The van der Waals surface area contributed by atoms with Crippen LogP contribution in [0, 0.1) is 5.41 Å². The van der Waals surface area contributed by atoms with Crippen molar-refractivity contribution in [3.05, 3.63) is 23.8 Å². The molecule has 0 aliphatic heterocycles. The van der Waals surface area contributed by atoms with Crippen LogP contribution in [0.15, 0.2) is 18.2 Å². The van der Waals surface area contributed by atoms with Crippen LogP contribution in [0.2, 0.25) is 0 Å². The van der Waals surface area contributed by atoms with Crippen molar-refractivity contribution < 1.29 is 13.8 Å². The molecule has 0 spiro atoms. The van der Waals surface area contributed by atoms with E-state index in [9.17, 15) is 4.39 Å². The van der Waals surface area contributed by atoms with Crippen LogP contribution in [0.4, 0.5) is 10.1 Å². The topological polar surface area (TPSA) is 68.3 Å². The molecule has 1 rings (SSSR count). The van der Waals surface area contributed by atoms with Gasteiger partial charge in [-0.05, 0) is 33.8 Å². The number of ether oxygens (including phenoxy) is 1. The van der Waals surface area contributed by atoms with Crippen molar-refractivity contribution in [2.45, 2.75) is 38.9 Å². The van der Waals surface area contributed by atoms with E-state index in [-0.39, 0.29) is 11.3 Å². The Labute approximate surface area is 120 Å². The van der Waals surface area contributed by atoms with Gasteiger partial charge < -0.3 is 15.1 Å². The van der Waals surface area contributed by atoms with Crippen molar-refractivity contribution >= 4 is 24.6 Å². The molecule has 0 unspecified atom stereocenters. The van der Waals surface area contributed by atoms with Crippen molar-refractivity contribution in [2.24, 2.45) is 0 Å². The molecule has 0 amide bonds. The summed E-state index contributed by atoms with van der Waals surface area (Å²) in [5.41, 5.74) is 5.46. The summed E-state index contributed by atoms with van der Waals surface area (Å²) in [6.07, 6.45) is 0. The molecule has 0 aliphatic carbocycles. The number of nitrogens with one attached hydrogen (secondary N) is 1. The minimum Gasteiger partial charge on any atom is -0.427 e. The summed E-state index contributed by atoms with van der Waals surface area (Å²) >= 11 is 0. The van der Waals surface area contributed by atoms with Gasteiger partial charge in [0.1, 0.15) is 0 Å². The van der Waals surface area contributed by atoms with Crippen molar-refractivity contribution in [2.75, 3.05) is 12.8 Å². The number of anilines is 1. The predicted octanol–water partition coefficient (Wildman–Crippen LogP) is 2.03. The van der Waals surface area contributed by atoms with Crippen molar-refractivity contribution in [1.29, 1.82) is 5.41 Å². The van der Waals surface area contributed by atoms with Crippen LogP contribution >= 0.6 is 0 Å². The summed E-state index contributed by atoms with van der Waals surface area (Å²) in [6.45, 7) is 7.66. The minimum atomic E-state index is -1.06. The number of halogens is 1. The van der Waals surface area contributed by atoms with Gasteiger partial charge in [0.15, 0.2) is 0 Å². The van der Waals surface area contributed by atoms with Gasteiger partial charge in [-0.15, -0.1) is 0 Å². The average molecular weight is 279 g/mol. The van der Waals surface area contributed by atoms with E-state index in [1.807, 2.05) is 27.7 Å². The highest BCUT2D eigenvalue weighted by Gasteiger charge is 2.37. The zero-order valence-electron chi connectivity index (χ0n) is 12.6. The smallest absolute Gasteiger partial charge is 0.330 e. The van der Waals surface area contributed by atoms with Crippen LogP contribution in [0.1, 0.15) is 33.3 Å². The number of methoxy groups -OCH3 is 1. The zero-order valence-corrected chi connectivity index (χ0v) is 12.6. The summed E-state index contributed by atoms with van der Waals surface area (Å²) in [4.78, 5) is 0. The molecule has 1 aromatic carbocycles. The van der Waals surface area contributed by atoms with E-state index in [1.54, 1.807) is 19.2 Å². The molecule has 0 aromatic heterocycles. The Balaban J connectivity index is 2.86. The van der Waals surface area contributed by atoms with E-state index in [2.05, 4.69) is 0 Å². The first kappa shape index (κ1) is 16.7. The van der Waals surface area contributed by atoms with Crippen LogP contribution < -0.4 is 11.2 Å². The predicted molar refractivity (Wildman–Crippen MR) is 80.4 cm³/mol. The lowest BCUT2D eigenvalue weighted by molar-refractivity contribution is -0.114. The fraction of sp³-hybridized carbons (Fsp3) is 0.500. The summed E-state index contributed by atoms with van der Waals surface area (Å²) in [5, 5.41) is 7.04. The fourth-order valence-corrected chi connectivity index (χ4v) is 1.44. The molecule has 0 saturated carbocycles. The lowest BCUT2D eigenvalue weighted by Crippen LogP contribution is -2.50. The second-order valence-corrected chi connectivity index (χ2v) is 5.62. The van der Waals surface area contributed by atoms with Crippen molar-refractivity contribution in [1.82, 2.24) is 0 Å². The SMILES string of the molecule is COC(C)(C)C(C)(C)O[B]c1ccc(N)c(C(=N)F)c1. The molecule has 3 N–H and O–H groups in total. The van der Waals surface area contributed by atoms with E-state index < -0.39 is 17.2 Å². The van der Waals surface area contributed by atoms with Gasteiger partial charge >= 0.3 is 7.48 Å². The standard InChI is InChI=1S/C14H21BFN2O2/c1-13(2,19-5)14(3,4)20-15-9-6-7-11(17)10(8-9)12(16)18/h6-8,18H,17H2,1-5H3. The minimum absolute atomic E-state index is 0.0613. The van der Waals surface area contributed by atoms with E-state index in [1.165, 1.54) is 13.5 Å². The van der Waals surface area contributed by atoms with Gasteiger partial charge in [0.05, 0.1) is 16.8 Å². The van der Waals surface area contributed by atoms with Gasteiger partial charge in [-0.25, -0.2) is 0 Å². The van der Waals surface area contributed by atoms with Crippen LogP contribution in [0.3, 0.4) is 0 Å². The molecule has 109 valence electrons. The highest BCUT2D eigenvalue weighted by Crippen LogP contribution is 2.27. The first-order valence-corrected chi connectivity index (χ1v) is 6.31. The number of nitrogens with two attached hydrogens (primary N) is 1. The van der Waals surface area contributed by atoms with E-state index in [0.29, 0.717) is 5.46 Å².